The van der Waals surface area contributed by atoms with Crippen molar-refractivity contribution in [1.82, 2.24) is 4.98 Å². The molecule has 0 fully saturated rings. The highest BCUT2D eigenvalue weighted by Gasteiger charge is 2.06. The standard InChI is InChI=1S/C13H13BrFNOS/c1-2-3-13-16-10(8-18-13)7-17-12-6-9(14)4-5-11(12)15/h4-6,8H,2-3,7H2,1H3. The Morgan fingerprint density at radius 3 is 3.06 bits per heavy atom. The van der Waals surface area contributed by atoms with Crippen molar-refractivity contribution in [3.05, 3.63) is 44.6 Å². The Bertz CT molecular complexity index is 529. The predicted molar refractivity (Wildman–Crippen MR) is 74.5 cm³/mol. The van der Waals surface area contributed by atoms with Crippen molar-refractivity contribution in [3.63, 3.8) is 0 Å². The number of halogens is 2. The molecule has 1 aromatic heterocycles. The van der Waals surface area contributed by atoms with Crippen LogP contribution in [0.2, 0.25) is 0 Å². The van der Waals surface area contributed by atoms with E-state index in [2.05, 4.69) is 27.8 Å². The van der Waals surface area contributed by atoms with Gasteiger partial charge < -0.3 is 4.74 Å². The van der Waals surface area contributed by atoms with Gasteiger partial charge in [0, 0.05) is 9.85 Å². The molecule has 96 valence electrons. The molecule has 0 atom stereocenters. The highest BCUT2D eigenvalue weighted by molar-refractivity contribution is 9.10. The lowest BCUT2D eigenvalue weighted by molar-refractivity contribution is 0.286. The van der Waals surface area contributed by atoms with Gasteiger partial charge in [-0.2, -0.15) is 0 Å². The molecule has 0 radical (unpaired) electrons. The normalized spacial score (nSPS) is 10.6. The molecular formula is C13H13BrFNOS. The maximum absolute atomic E-state index is 13.4. The van der Waals surface area contributed by atoms with E-state index in [1.807, 2.05) is 5.38 Å². The van der Waals surface area contributed by atoms with E-state index < -0.39 is 0 Å². The summed E-state index contributed by atoms with van der Waals surface area (Å²) in [5, 5.41) is 3.06. The molecule has 2 nitrogen and oxygen atoms in total. The van der Waals surface area contributed by atoms with Crippen LogP contribution in [0.5, 0.6) is 5.75 Å². The van der Waals surface area contributed by atoms with Crippen LogP contribution in [-0.2, 0) is 13.0 Å². The van der Waals surface area contributed by atoms with E-state index >= 15 is 0 Å². The first-order chi connectivity index (χ1) is 8.69. The Morgan fingerprint density at radius 1 is 1.44 bits per heavy atom. The average molecular weight is 330 g/mol. The second kappa shape index (κ2) is 6.29. The predicted octanol–water partition coefficient (Wildman–Crippen LogP) is 4.58. The molecule has 0 saturated carbocycles. The van der Waals surface area contributed by atoms with Crippen LogP contribution in [0.15, 0.2) is 28.1 Å². The highest BCUT2D eigenvalue weighted by Crippen LogP contribution is 2.23. The molecule has 0 saturated heterocycles. The molecule has 1 aromatic carbocycles. The Kier molecular flexibility index (Phi) is 4.72. The van der Waals surface area contributed by atoms with Crippen molar-refractivity contribution in [2.24, 2.45) is 0 Å². The second-order valence-electron chi connectivity index (χ2n) is 3.85. The van der Waals surface area contributed by atoms with Crippen LogP contribution >= 0.6 is 27.3 Å². The number of hydrogen-bond acceptors (Lipinski definition) is 3. The van der Waals surface area contributed by atoms with E-state index in [0.717, 1.165) is 28.0 Å². The summed E-state index contributed by atoms with van der Waals surface area (Å²) in [5.41, 5.74) is 0.850. The van der Waals surface area contributed by atoms with Crippen molar-refractivity contribution in [2.45, 2.75) is 26.4 Å². The van der Waals surface area contributed by atoms with Gasteiger partial charge in [-0.25, -0.2) is 9.37 Å². The van der Waals surface area contributed by atoms with Gasteiger partial charge >= 0.3 is 0 Å². The van der Waals surface area contributed by atoms with Crippen molar-refractivity contribution < 1.29 is 9.13 Å². The first kappa shape index (κ1) is 13.5. The summed E-state index contributed by atoms with van der Waals surface area (Å²) in [6.07, 6.45) is 2.06. The molecular weight excluding hydrogens is 317 g/mol. The lowest BCUT2D eigenvalue weighted by Gasteiger charge is -2.05. The Morgan fingerprint density at radius 2 is 2.28 bits per heavy atom. The van der Waals surface area contributed by atoms with Crippen LogP contribution in [0.4, 0.5) is 4.39 Å². The summed E-state index contributed by atoms with van der Waals surface area (Å²) in [6.45, 7) is 2.42. The zero-order valence-corrected chi connectivity index (χ0v) is 12.4. The molecule has 0 amide bonds. The van der Waals surface area contributed by atoms with E-state index in [-0.39, 0.29) is 11.6 Å². The topological polar surface area (TPSA) is 22.1 Å². The molecule has 2 rings (SSSR count). The number of nitrogens with zero attached hydrogens (tertiary/aromatic N) is 1. The van der Waals surface area contributed by atoms with Crippen LogP contribution in [0.3, 0.4) is 0 Å². The van der Waals surface area contributed by atoms with Crippen molar-refractivity contribution in [1.29, 1.82) is 0 Å². The second-order valence-corrected chi connectivity index (χ2v) is 5.70. The van der Waals surface area contributed by atoms with Gasteiger partial charge in [0.05, 0.1) is 10.7 Å². The van der Waals surface area contributed by atoms with Gasteiger partial charge in [0.1, 0.15) is 6.61 Å². The summed E-state index contributed by atoms with van der Waals surface area (Å²) < 4.78 is 19.7. The third kappa shape index (κ3) is 3.53. The molecule has 0 aliphatic rings. The summed E-state index contributed by atoms with van der Waals surface area (Å²) in [5.74, 6) is -0.114. The number of aryl methyl sites for hydroxylation is 1. The molecule has 0 aliphatic carbocycles. The van der Waals surface area contributed by atoms with Crippen LogP contribution in [-0.4, -0.2) is 4.98 Å². The van der Waals surface area contributed by atoms with Crippen molar-refractivity contribution in [3.8, 4) is 5.75 Å². The van der Waals surface area contributed by atoms with Crippen molar-refractivity contribution in [2.75, 3.05) is 0 Å². The smallest absolute Gasteiger partial charge is 0.165 e. The monoisotopic (exact) mass is 329 g/mol. The van der Waals surface area contributed by atoms with E-state index in [1.165, 1.54) is 6.07 Å². The van der Waals surface area contributed by atoms with Crippen molar-refractivity contribution >= 4 is 27.3 Å². The molecule has 0 spiro atoms. The van der Waals surface area contributed by atoms with E-state index in [9.17, 15) is 4.39 Å². The van der Waals surface area contributed by atoms with E-state index in [0.29, 0.717) is 6.61 Å². The summed E-state index contributed by atoms with van der Waals surface area (Å²) in [4.78, 5) is 4.43. The van der Waals surface area contributed by atoms with Crippen LogP contribution < -0.4 is 4.74 Å². The minimum Gasteiger partial charge on any atom is -0.484 e. The number of aromatic nitrogens is 1. The van der Waals surface area contributed by atoms with Crippen LogP contribution in [0.25, 0.3) is 0 Å². The van der Waals surface area contributed by atoms with Gasteiger partial charge in [-0.1, -0.05) is 22.9 Å². The first-order valence-electron chi connectivity index (χ1n) is 5.70. The van der Waals surface area contributed by atoms with E-state index in [4.69, 9.17) is 4.74 Å². The number of ether oxygens (including phenoxy) is 1. The molecule has 1 heterocycles. The molecule has 0 unspecified atom stereocenters. The number of thiazole rings is 1. The maximum Gasteiger partial charge on any atom is 0.165 e. The number of rotatable bonds is 5. The lowest BCUT2D eigenvalue weighted by Crippen LogP contribution is -1.98. The van der Waals surface area contributed by atoms with Gasteiger partial charge in [-0.05, 0) is 31.0 Å². The van der Waals surface area contributed by atoms with Crippen LogP contribution in [0.1, 0.15) is 24.0 Å². The molecule has 2 aromatic rings. The first-order valence-corrected chi connectivity index (χ1v) is 7.37. The molecule has 5 heteroatoms. The number of hydrogen-bond donors (Lipinski definition) is 0. The van der Waals surface area contributed by atoms with Gasteiger partial charge in [-0.3, -0.25) is 0 Å². The maximum atomic E-state index is 13.4. The Hall–Kier alpha value is -0.940. The third-order valence-corrected chi connectivity index (χ3v) is 3.78. The Labute approximate surface area is 118 Å². The van der Waals surface area contributed by atoms with Gasteiger partial charge in [-0.15, -0.1) is 11.3 Å². The van der Waals surface area contributed by atoms with E-state index in [1.54, 1.807) is 23.5 Å². The minimum absolute atomic E-state index is 0.245. The summed E-state index contributed by atoms with van der Waals surface area (Å²) in [7, 11) is 0. The molecule has 18 heavy (non-hydrogen) atoms. The summed E-state index contributed by atoms with van der Waals surface area (Å²) >= 11 is 4.91. The summed E-state index contributed by atoms with van der Waals surface area (Å²) in [6, 6.07) is 4.64. The minimum atomic E-state index is -0.359. The molecule has 0 N–H and O–H groups in total. The zero-order chi connectivity index (χ0) is 13.0. The van der Waals surface area contributed by atoms with Crippen LogP contribution in [0, 0.1) is 5.82 Å². The van der Waals surface area contributed by atoms with Gasteiger partial charge in [0.25, 0.3) is 0 Å². The molecule has 0 aliphatic heterocycles. The molecule has 0 bridgehead atoms. The lowest BCUT2D eigenvalue weighted by atomic mass is 10.3. The SMILES string of the molecule is CCCc1nc(COc2cc(Br)ccc2F)cs1. The highest BCUT2D eigenvalue weighted by atomic mass is 79.9. The number of benzene rings is 1. The largest absolute Gasteiger partial charge is 0.484 e. The zero-order valence-electron chi connectivity index (χ0n) is 9.95. The van der Waals surface area contributed by atoms with Gasteiger partial charge in [0.2, 0.25) is 0 Å². The quantitative estimate of drug-likeness (QED) is 0.801. The van der Waals surface area contributed by atoms with Gasteiger partial charge in [0.15, 0.2) is 11.6 Å². The fraction of sp³-hybridized carbons (Fsp3) is 0.308. The fourth-order valence-corrected chi connectivity index (χ4v) is 2.71. The Balaban J connectivity index is 1.99. The fourth-order valence-electron chi connectivity index (χ4n) is 1.48. The average Bonchev–Trinajstić information content (AvgIpc) is 2.79. The third-order valence-electron chi connectivity index (χ3n) is 2.33.